The van der Waals surface area contributed by atoms with Crippen molar-refractivity contribution in [3.05, 3.63) is 34.9 Å². The second-order valence-electron chi connectivity index (χ2n) is 7.45. The maximum absolute atomic E-state index is 6.25. The molecule has 0 saturated carbocycles. The molecule has 2 N–H and O–H groups in total. The van der Waals surface area contributed by atoms with Crippen molar-refractivity contribution in [3.63, 3.8) is 0 Å². The summed E-state index contributed by atoms with van der Waals surface area (Å²) in [6, 6.07) is 8.45. The fraction of sp³-hybridized carbons (Fsp3) is 0.647. The molecule has 112 valence electrons. The van der Waals surface area contributed by atoms with Gasteiger partial charge in [0.2, 0.25) is 0 Å². The summed E-state index contributed by atoms with van der Waals surface area (Å²) in [6.45, 7) is 10.0. The van der Waals surface area contributed by atoms with Gasteiger partial charge in [0.05, 0.1) is 0 Å². The molecule has 20 heavy (non-hydrogen) atoms. The third-order valence-electron chi connectivity index (χ3n) is 3.84. The van der Waals surface area contributed by atoms with E-state index in [2.05, 4.69) is 37.8 Å². The molecule has 2 nitrogen and oxygen atoms in total. The van der Waals surface area contributed by atoms with Gasteiger partial charge in [-0.15, -0.1) is 0 Å². The van der Waals surface area contributed by atoms with E-state index < -0.39 is 0 Å². The first kappa shape index (κ1) is 15.8. The van der Waals surface area contributed by atoms with Gasteiger partial charge in [-0.25, -0.2) is 0 Å². The smallest absolute Gasteiger partial charge is 0.0409 e. The molecule has 0 aliphatic carbocycles. The monoisotopic (exact) mass is 294 g/mol. The summed E-state index contributed by atoms with van der Waals surface area (Å²) in [5.74, 6) is 0.706. The Bertz CT molecular complexity index is 439. The van der Waals surface area contributed by atoms with Gasteiger partial charge in [0.25, 0.3) is 0 Å². The molecule has 2 atom stereocenters. The van der Waals surface area contributed by atoms with Gasteiger partial charge in [0.1, 0.15) is 0 Å². The molecule has 2 rings (SSSR count). The molecule has 0 radical (unpaired) electrons. The summed E-state index contributed by atoms with van der Waals surface area (Å²) in [6.07, 6.45) is 2.40. The highest BCUT2D eigenvalue weighted by atomic mass is 35.5. The van der Waals surface area contributed by atoms with Crippen LogP contribution in [-0.2, 0) is 6.54 Å². The summed E-state index contributed by atoms with van der Waals surface area (Å²) in [5.41, 5.74) is 7.91. The Morgan fingerprint density at radius 2 is 2.05 bits per heavy atom. The van der Waals surface area contributed by atoms with Crippen molar-refractivity contribution in [2.24, 2.45) is 17.1 Å². The standard InChI is InChI=1S/C17H27ClN2/c1-17(2,3)9-14-8-16(19)12-20(11-14)10-13-5-4-6-15(18)7-13/h4-7,14,16H,8-12,19H2,1-3H3. The Kier molecular flexibility index (Phi) is 5.11. The molecule has 1 heterocycles. The second-order valence-corrected chi connectivity index (χ2v) is 7.89. The van der Waals surface area contributed by atoms with Crippen LogP contribution in [0.15, 0.2) is 24.3 Å². The van der Waals surface area contributed by atoms with Crippen LogP contribution in [0.4, 0.5) is 0 Å². The number of nitrogens with two attached hydrogens (primary N) is 1. The minimum Gasteiger partial charge on any atom is -0.327 e. The first-order valence-corrected chi connectivity index (χ1v) is 7.92. The van der Waals surface area contributed by atoms with E-state index in [0.717, 1.165) is 31.1 Å². The Labute approximate surface area is 128 Å². The molecule has 3 heteroatoms. The fourth-order valence-corrected chi connectivity index (χ4v) is 3.60. The zero-order valence-corrected chi connectivity index (χ0v) is 13.7. The molecular weight excluding hydrogens is 268 g/mol. The van der Waals surface area contributed by atoms with Crippen LogP contribution in [0.25, 0.3) is 0 Å². The number of halogens is 1. The number of hydrogen-bond acceptors (Lipinski definition) is 2. The lowest BCUT2D eigenvalue weighted by molar-refractivity contribution is 0.121. The molecule has 1 aliphatic heterocycles. The third kappa shape index (κ3) is 5.08. The minimum atomic E-state index is 0.301. The predicted octanol–water partition coefficient (Wildman–Crippen LogP) is 3.93. The van der Waals surface area contributed by atoms with Gasteiger partial charge >= 0.3 is 0 Å². The Morgan fingerprint density at radius 3 is 2.70 bits per heavy atom. The number of rotatable bonds is 3. The van der Waals surface area contributed by atoms with Crippen LogP contribution in [0, 0.1) is 11.3 Å². The van der Waals surface area contributed by atoms with Crippen molar-refractivity contribution in [2.75, 3.05) is 13.1 Å². The van der Waals surface area contributed by atoms with Gasteiger partial charge in [-0.1, -0.05) is 44.5 Å². The van der Waals surface area contributed by atoms with E-state index in [4.69, 9.17) is 17.3 Å². The third-order valence-corrected chi connectivity index (χ3v) is 4.08. The van der Waals surface area contributed by atoms with Gasteiger partial charge in [0, 0.05) is 30.7 Å². The molecule has 2 unspecified atom stereocenters. The molecule has 0 amide bonds. The molecule has 1 saturated heterocycles. The minimum absolute atomic E-state index is 0.301. The maximum Gasteiger partial charge on any atom is 0.0409 e. The lowest BCUT2D eigenvalue weighted by atomic mass is 9.80. The number of hydrogen-bond donors (Lipinski definition) is 1. The lowest BCUT2D eigenvalue weighted by Gasteiger charge is -2.38. The Morgan fingerprint density at radius 1 is 1.30 bits per heavy atom. The van der Waals surface area contributed by atoms with Crippen molar-refractivity contribution in [1.82, 2.24) is 4.90 Å². The molecule has 1 aliphatic rings. The van der Waals surface area contributed by atoms with Crippen LogP contribution in [-0.4, -0.2) is 24.0 Å². The zero-order chi connectivity index (χ0) is 14.8. The van der Waals surface area contributed by atoms with Crippen LogP contribution in [0.5, 0.6) is 0 Å². The van der Waals surface area contributed by atoms with Crippen LogP contribution in [0.1, 0.15) is 39.2 Å². The van der Waals surface area contributed by atoms with Crippen molar-refractivity contribution < 1.29 is 0 Å². The first-order chi connectivity index (χ1) is 9.32. The predicted molar refractivity (Wildman–Crippen MR) is 86.9 cm³/mol. The summed E-state index contributed by atoms with van der Waals surface area (Å²) in [5, 5.41) is 0.815. The average molecular weight is 295 g/mol. The highest BCUT2D eigenvalue weighted by Crippen LogP contribution is 2.30. The quantitative estimate of drug-likeness (QED) is 0.915. The summed E-state index contributed by atoms with van der Waals surface area (Å²) >= 11 is 6.06. The van der Waals surface area contributed by atoms with E-state index >= 15 is 0 Å². The van der Waals surface area contributed by atoms with E-state index in [1.165, 1.54) is 12.0 Å². The van der Waals surface area contributed by atoms with Crippen molar-refractivity contribution in [2.45, 2.75) is 46.2 Å². The average Bonchev–Trinajstić information content (AvgIpc) is 2.25. The molecule has 1 aromatic carbocycles. The SMILES string of the molecule is CC(C)(C)CC1CC(N)CN(Cc2cccc(Cl)c2)C1. The fourth-order valence-electron chi connectivity index (χ4n) is 3.39. The van der Waals surface area contributed by atoms with Gasteiger partial charge in [0.15, 0.2) is 0 Å². The van der Waals surface area contributed by atoms with Crippen LogP contribution >= 0.6 is 11.6 Å². The zero-order valence-electron chi connectivity index (χ0n) is 12.9. The molecule has 1 fully saturated rings. The lowest BCUT2D eigenvalue weighted by Crippen LogP contribution is -2.47. The van der Waals surface area contributed by atoms with Crippen LogP contribution in [0.3, 0.4) is 0 Å². The first-order valence-electron chi connectivity index (χ1n) is 7.54. The largest absolute Gasteiger partial charge is 0.327 e. The van der Waals surface area contributed by atoms with Crippen molar-refractivity contribution >= 4 is 11.6 Å². The molecule has 0 aromatic heterocycles. The van der Waals surface area contributed by atoms with Gasteiger partial charge in [-0.2, -0.15) is 0 Å². The van der Waals surface area contributed by atoms with Gasteiger partial charge in [-0.05, 0) is 41.9 Å². The van der Waals surface area contributed by atoms with Crippen molar-refractivity contribution in [1.29, 1.82) is 0 Å². The van der Waals surface area contributed by atoms with Gasteiger partial charge < -0.3 is 5.73 Å². The summed E-state index contributed by atoms with van der Waals surface area (Å²) in [4.78, 5) is 2.48. The summed E-state index contributed by atoms with van der Waals surface area (Å²) in [7, 11) is 0. The normalized spacial score (nSPS) is 24.9. The van der Waals surface area contributed by atoms with E-state index in [0.29, 0.717) is 17.4 Å². The summed E-state index contributed by atoms with van der Waals surface area (Å²) < 4.78 is 0. The van der Waals surface area contributed by atoms with Crippen molar-refractivity contribution in [3.8, 4) is 0 Å². The van der Waals surface area contributed by atoms with Crippen LogP contribution < -0.4 is 5.73 Å². The number of likely N-dealkylation sites (tertiary alicyclic amines) is 1. The van der Waals surface area contributed by atoms with Gasteiger partial charge in [-0.3, -0.25) is 4.90 Å². The molecule has 0 bridgehead atoms. The maximum atomic E-state index is 6.25. The highest BCUT2D eigenvalue weighted by Gasteiger charge is 2.28. The highest BCUT2D eigenvalue weighted by molar-refractivity contribution is 6.30. The van der Waals surface area contributed by atoms with Crippen LogP contribution in [0.2, 0.25) is 5.02 Å². The topological polar surface area (TPSA) is 29.3 Å². The number of piperidine rings is 1. The Hall–Kier alpha value is -0.570. The van der Waals surface area contributed by atoms with E-state index in [1.54, 1.807) is 0 Å². The Balaban J connectivity index is 1.97. The van der Waals surface area contributed by atoms with E-state index in [9.17, 15) is 0 Å². The molecule has 1 aromatic rings. The van der Waals surface area contributed by atoms with E-state index in [-0.39, 0.29) is 0 Å². The van der Waals surface area contributed by atoms with E-state index in [1.807, 2.05) is 12.1 Å². The molecule has 0 spiro atoms. The number of benzene rings is 1. The molecular formula is C17H27ClN2. The second kappa shape index (κ2) is 6.46. The number of nitrogens with zero attached hydrogens (tertiary/aromatic N) is 1.